The van der Waals surface area contributed by atoms with Crippen molar-refractivity contribution in [3.8, 4) is 0 Å². The molecule has 0 aliphatic heterocycles. The lowest BCUT2D eigenvalue weighted by atomic mass is 10.2. The Balaban J connectivity index is 0.00000116. The summed E-state index contributed by atoms with van der Waals surface area (Å²) in [5.41, 5.74) is 12.2. The van der Waals surface area contributed by atoms with Gasteiger partial charge in [-0.1, -0.05) is 49.3 Å². The third-order valence-corrected chi connectivity index (χ3v) is 3.51. The van der Waals surface area contributed by atoms with E-state index in [0.717, 1.165) is 16.3 Å². The molecular formula is C14H21ClN6S. The van der Waals surface area contributed by atoms with Crippen LogP contribution in [0.3, 0.4) is 0 Å². The molecule has 0 spiro atoms. The van der Waals surface area contributed by atoms with Crippen LogP contribution in [0, 0.1) is 0 Å². The van der Waals surface area contributed by atoms with Crippen molar-refractivity contribution in [3.05, 3.63) is 34.9 Å². The van der Waals surface area contributed by atoms with Crippen LogP contribution in [-0.4, -0.2) is 28.0 Å². The number of benzene rings is 1. The zero-order valence-electron chi connectivity index (χ0n) is 12.7. The van der Waals surface area contributed by atoms with E-state index in [1.807, 2.05) is 38.1 Å². The van der Waals surface area contributed by atoms with Gasteiger partial charge in [-0.15, -0.1) is 0 Å². The number of aromatic nitrogens is 3. The van der Waals surface area contributed by atoms with Crippen molar-refractivity contribution in [1.82, 2.24) is 15.0 Å². The van der Waals surface area contributed by atoms with Crippen molar-refractivity contribution >= 4 is 35.3 Å². The van der Waals surface area contributed by atoms with Gasteiger partial charge in [-0.2, -0.15) is 15.0 Å². The van der Waals surface area contributed by atoms with Gasteiger partial charge in [-0.05, 0) is 17.7 Å². The minimum Gasteiger partial charge on any atom is -0.368 e. The van der Waals surface area contributed by atoms with Crippen molar-refractivity contribution in [1.29, 1.82) is 0 Å². The summed E-state index contributed by atoms with van der Waals surface area (Å²) in [4.78, 5) is 12.4. The molecule has 0 bridgehead atoms. The second-order valence-corrected chi connectivity index (χ2v) is 5.31. The van der Waals surface area contributed by atoms with Gasteiger partial charge in [-0.3, -0.25) is 0 Å². The fourth-order valence-corrected chi connectivity index (χ4v) is 2.35. The first-order valence-corrected chi connectivity index (χ1v) is 8.36. The third kappa shape index (κ3) is 6.46. The Morgan fingerprint density at radius 3 is 2.45 bits per heavy atom. The van der Waals surface area contributed by atoms with Crippen LogP contribution in [0.4, 0.5) is 11.9 Å². The maximum Gasteiger partial charge on any atom is 0.228 e. The molecule has 0 aliphatic rings. The highest BCUT2D eigenvalue weighted by Crippen LogP contribution is 2.21. The summed E-state index contributed by atoms with van der Waals surface area (Å²) in [7, 11) is 0. The van der Waals surface area contributed by atoms with Crippen molar-refractivity contribution in [2.24, 2.45) is 5.73 Å². The standard InChI is InChI=1S/C12H15ClN6S.C2H6/c13-9-3-1-8(2-4-9)7-20-12-18-10(15)17-11(19-12)16-6-5-14;1-2/h1-4H,5-7,14H2,(H3,15,16,17,18,19);1-2H3. The van der Waals surface area contributed by atoms with E-state index in [1.54, 1.807) is 0 Å². The van der Waals surface area contributed by atoms with E-state index in [2.05, 4.69) is 20.3 Å². The molecule has 0 aliphatic carbocycles. The molecule has 0 atom stereocenters. The molecule has 0 saturated carbocycles. The summed E-state index contributed by atoms with van der Waals surface area (Å²) in [6.07, 6.45) is 0. The molecule has 6 nitrogen and oxygen atoms in total. The molecular weight excluding hydrogens is 320 g/mol. The Bertz CT molecular complexity index is 564. The van der Waals surface area contributed by atoms with Gasteiger partial charge < -0.3 is 16.8 Å². The van der Waals surface area contributed by atoms with E-state index in [9.17, 15) is 0 Å². The van der Waals surface area contributed by atoms with E-state index in [-0.39, 0.29) is 5.95 Å². The summed E-state index contributed by atoms with van der Waals surface area (Å²) in [5, 5.41) is 4.28. The fourth-order valence-electron chi connectivity index (χ4n) is 1.43. The number of nitrogen functional groups attached to an aromatic ring is 1. The molecule has 0 radical (unpaired) electrons. The van der Waals surface area contributed by atoms with E-state index in [1.165, 1.54) is 11.8 Å². The number of rotatable bonds is 6. The van der Waals surface area contributed by atoms with Crippen LogP contribution in [0.5, 0.6) is 0 Å². The molecule has 0 fully saturated rings. The summed E-state index contributed by atoms with van der Waals surface area (Å²) >= 11 is 7.33. The topological polar surface area (TPSA) is 103 Å². The smallest absolute Gasteiger partial charge is 0.228 e. The number of hydrogen-bond acceptors (Lipinski definition) is 7. The quantitative estimate of drug-likeness (QED) is 0.695. The average molecular weight is 341 g/mol. The van der Waals surface area contributed by atoms with E-state index < -0.39 is 0 Å². The molecule has 1 heterocycles. The van der Waals surface area contributed by atoms with Crippen LogP contribution < -0.4 is 16.8 Å². The monoisotopic (exact) mass is 340 g/mol. The fraction of sp³-hybridized carbons (Fsp3) is 0.357. The highest BCUT2D eigenvalue weighted by molar-refractivity contribution is 7.98. The third-order valence-electron chi connectivity index (χ3n) is 2.34. The molecule has 1 aromatic heterocycles. The Morgan fingerprint density at radius 1 is 1.14 bits per heavy atom. The number of nitrogens with two attached hydrogens (primary N) is 2. The lowest BCUT2D eigenvalue weighted by Gasteiger charge is -2.06. The largest absolute Gasteiger partial charge is 0.368 e. The number of nitrogens with zero attached hydrogens (tertiary/aromatic N) is 3. The van der Waals surface area contributed by atoms with Crippen molar-refractivity contribution in [2.45, 2.75) is 24.8 Å². The summed E-state index contributed by atoms with van der Waals surface area (Å²) in [6.45, 7) is 5.09. The molecule has 8 heteroatoms. The minimum absolute atomic E-state index is 0.193. The zero-order valence-corrected chi connectivity index (χ0v) is 14.3. The second-order valence-electron chi connectivity index (χ2n) is 3.93. The van der Waals surface area contributed by atoms with Crippen molar-refractivity contribution in [2.75, 3.05) is 24.1 Å². The first kappa shape index (κ1) is 18.5. The van der Waals surface area contributed by atoms with Crippen LogP contribution in [0.15, 0.2) is 29.4 Å². The van der Waals surface area contributed by atoms with Crippen LogP contribution >= 0.6 is 23.4 Å². The Hall–Kier alpha value is -1.57. The number of anilines is 2. The van der Waals surface area contributed by atoms with E-state index in [0.29, 0.717) is 24.2 Å². The summed E-state index contributed by atoms with van der Waals surface area (Å²) < 4.78 is 0. The number of halogens is 1. The highest BCUT2D eigenvalue weighted by atomic mass is 35.5. The number of hydrogen-bond donors (Lipinski definition) is 3. The normalized spacial score (nSPS) is 9.82. The number of nitrogens with one attached hydrogen (secondary N) is 1. The summed E-state index contributed by atoms with van der Waals surface area (Å²) in [5.74, 6) is 1.37. The molecule has 5 N–H and O–H groups in total. The first-order chi connectivity index (χ1) is 10.7. The Labute approximate surface area is 140 Å². The molecule has 0 saturated heterocycles. The van der Waals surface area contributed by atoms with Gasteiger partial charge in [-0.25, -0.2) is 0 Å². The van der Waals surface area contributed by atoms with Crippen LogP contribution in [0.25, 0.3) is 0 Å². The van der Waals surface area contributed by atoms with Gasteiger partial charge in [0.15, 0.2) is 5.16 Å². The predicted molar refractivity (Wildman–Crippen MR) is 94.1 cm³/mol. The van der Waals surface area contributed by atoms with E-state index in [4.69, 9.17) is 23.1 Å². The van der Waals surface area contributed by atoms with Gasteiger partial charge in [0.2, 0.25) is 11.9 Å². The molecule has 1 aromatic carbocycles. The molecule has 0 unspecified atom stereocenters. The molecule has 2 rings (SSSR count). The first-order valence-electron chi connectivity index (χ1n) is 7.00. The predicted octanol–water partition coefficient (Wildman–Crippen LogP) is 2.80. The van der Waals surface area contributed by atoms with Crippen LogP contribution in [0.1, 0.15) is 19.4 Å². The molecule has 22 heavy (non-hydrogen) atoms. The number of thioether (sulfide) groups is 1. The van der Waals surface area contributed by atoms with Gasteiger partial charge in [0.1, 0.15) is 0 Å². The minimum atomic E-state index is 0.193. The van der Waals surface area contributed by atoms with Crippen LogP contribution in [0.2, 0.25) is 5.02 Å². The molecule has 120 valence electrons. The zero-order chi connectivity index (χ0) is 16.4. The van der Waals surface area contributed by atoms with E-state index >= 15 is 0 Å². The Kier molecular flexibility index (Phi) is 8.57. The van der Waals surface area contributed by atoms with Gasteiger partial charge in [0.05, 0.1) is 0 Å². The SMILES string of the molecule is CC.NCCNc1nc(N)nc(SCc2ccc(Cl)cc2)n1. The maximum absolute atomic E-state index is 5.84. The molecule has 0 amide bonds. The lowest BCUT2D eigenvalue weighted by molar-refractivity contribution is 0.897. The highest BCUT2D eigenvalue weighted by Gasteiger charge is 2.05. The second kappa shape index (κ2) is 10.2. The Morgan fingerprint density at radius 2 is 1.82 bits per heavy atom. The van der Waals surface area contributed by atoms with Crippen molar-refractivity contribution in [3.63, 3.8) is 0 Å². The average Bonchev–Trinajstić information content (AvgIpc) is 2.54. The van der Waals surface area contributed by atoms with Gasteiger partial charge in [0.25, 0.3) is 0 Å². The van der Waals surface area contributed by atoms with Crippen LogP contribution in [-0.2, 0) is 5.75 Å². The van der Waals surface area contributed by atoms with Crippen molar-refractivity contribution < 1.29 is 0 Å². The summed E-state index contributed by atoms with van der Waals surface area (Å²) in [6, 6.07) is 7.64. The van der Waals surface area contributed by atoms with Gasteiger partial charge >= 0.3 is 0 Å². The van der Waals surface area contributed by atoms with Gasteiger partial charge in [0, 0.05) is 23.9 Å². The molecule has 2 aromatic rings. The lowest BCUT2D eigenvalue weighted by Crippen LogP contribution is -2.16. The maximum atomic E-state index is 5.84.